The van der Waals surface area contributed by atoms with Gasteiger partial charge in [-0.1, -0.05) is 30.9 Å². The van der Waals surface area contributed by atoms with Crippen LogP contribution in [0.2, 0.25) is 5.02 Å². The number of halogens is 1. The number of hydrogen-bond donors (Lipinski definition) is 1. The fourth-order valence-corrected chi connectivity index (χ4v) is 3.62. The Morgan fingerprint density at radius 2 is 2.10 bits per heavy atom. The second kappa shape index (κ2) is 7.66. The van der Waals surface area contributed by atoms with Crippen LogP contribution >= 0.6 is 23.4 Å². The standard InChI is InChI=1S/C14H17ClN2O3S/c15-12-7-6-10(17(19)20)8-13(12)16-14(18)9-21-11-4-2-1-3-5-11/h6-8,11H,1-5,9H2,(H,16,18). The number of nitrogens with zero attached hydrogens (tertiary/aromatic N) is 1. The number of hydrogen-bond acceptors (Lipinski definition) is 4. The molecule has 1 aliphatic carbocycles. The number of nitrogens with one attached hydrogen (secondary N) is 1. The van der Waals surface area contributed by atoms with Crippen molar-refractivity contribution < 1.29 is 9.72 Å². The van der Waals surface area contributed by atoms with Gasteiger partial charge in [-0.25, -0.2) is 0 Å². The van der Waals surface area contributed by atoms with Crippen LogP contribution in [0.5, 0.6) is 0 Å². The number of benzene rings is 1. The number of thioether (sulfide) groups is 1. The van der Waals surface area contributed by atoms with E-state index in [0.717, 1.165) is 12.8 Å². The van der Waals surface area contributed by atoms with Gasteiger partial charge in [0.05, 0.1) is 21.4 Å². The molecule has 0 spiro atoms. The SMILES string of the molecule is O=C(CSC1CCCCC1)Nc1cc([N+](=O)[O-])ccc1Cl. The van der Waals surface area contributed by atoms with Gasteiger partial charge in [0, 0.05) is 17.4 Å². The van der Waals surface area contributed by atoms with Crippen LogP contribution < -0.4 is 5.32 Å². The molecular formula is C14H17ClN2O3S. The van der Waals surface area contributed by atoms with Crippen LogP contribution in [-0.2, 0) is 4.79 Å². The lowest BCUT2D eigenvalue weighted by atomic mass is 10.0. The van der Waals surface area contributed by atoms with E-state index in [1.54, 1.807) is 11.8 Å². The minimum Gasteiger partial charge on any atom is -0.324 e. The number of nitro groups is 1. The maximum atomic E-state index is 11.9. The number of carbonyl (C=O) groups excluding carboxylic acids is 1. The zero-order valence-electron chi connectivity index (χ0n) is 11.5. The summed E-state index contributed by atoms with van der Waals surface area (Å²) in [7, 11) is 0. The fraction of sp³-hybridized carbons (Fsp3) is 0.500. The number of amides is 1. The van der Waals surface area contributed by atoms with Gasteiger partial charge in [0.15, 0.2) is 0 Å². The molecule has 0 aromatic heterocycles. The lowest BCUT2D eigenvalue weighted by molar-refractivity contribution is -0.384. The van der Waals surface area contributed by atoms with Crippen molar-refractivity contribution in [3.05, 3.63) is 33.3 Å². The van der Waals surface area contributed by atoms with E-state index in [9.17, 15) is 14.9 Å². The largest absolute Gasteiger partial charge is 0.324 e. The molecule has 5 nitrogen and oxygen atoms in total. The highest BCUT2D eigenvalue weighted by atomic mass is 35.5. The Balaban J connectivity index is 1.89. The van der Waals surface area contributed by atoms with Gasteiger partial charge in [0.1, 0.15) is 0 Å². The first kappa shape index (κ1) is 16.1. The zero-order chi connectivity index (χ0) is 15.2. The summed E-state index contributed by atoms with van der Waals surface area (Å²) < 4.78 is 0. The fourth-order valence-electron chi connectivity index (χ4n) is 2.33. The van der Waals surface area contributed by atoms with E-state index < -0.39 is 4.92 Å². The van der Waals surface area contributed by atoms with Crippen molar-refractivity contribution in [2.24, 2.45) is 0 Å². The summed E-state index contributed by atoms with van der Waals surface area (Å²) in [4.78, 5) is 22.1. The van der Waals surface area contributed by atoms with E-state index in [2.05, 4.69) is 5.32 Å². The normalized spacial score (nSPS) is 15.7. The summed E-state index contributed by atoms with van der Waals surface area (Å²) in [5.74, 6) is 0.178. The third kappa shape index (κ3) is 4.89. The van der Waals surface area contributed by atoms with Crippen molar-refractivity contribution in [2.75, 3.05) is 11.1 Å². The highest BCUT2D eigenvalue weighted by Crippen LogP contribution is 2.29. The highest BCUT2D eigenvalue weighted by molar-refractivity contribution is 8.00. The summed E-state index contributed by atoms with van der Waals surface area (Å²) in [5, 5.41) is 14.2. The Morgan fingerprint density at radius 1 is 1.38 bits per heavy atom. The van der Waals surface area contributed by atoms with Gasteiger partial charge in [-0.15, -0.1) is 11.8 Å². The highest BCUT2D eigenvalue weighted by Gasteiger charge is 2.16. The molecule has 0 bridgehead atoms. The third-order valence-electron chi connectivity index (χ3n) is 3.44. The lowest BCUT2D eigenvalue weighted by Crippen LogP contribution is -2.18. The van der Waals surface area contributed by atoms with Crippen LogP contribution in [-0.4, -0.2) is 21.8 Å². The molecule has 1 aliphatic rings. The van der Waals surface area contributed by atoms with Gasteiger partial charge in [0.25, 0.3) is 5.69 Å². The van der Waals surface area contributed by atoms with Crippen LogP contribution in [0.1, 0.15) is 32.1 Å². The van der Waals surface area contributed by atoms with Gasteiger partial charge in [-0.2, -0.15) is 0 Å². The monoisotopic (exact) mass is 328 g/mol. The number of rotatable bonds is 5. The minimum atomic E-state index is -0.511. The van der Waals surface area contributed by atoms with E-state index >= 15 is 0 Å². The molecule has 1 aromatic carbocycles. The molecule has 0 unspecified atom stereocenters. The van der Waals surface area contributed by atoms with Crippen LogP contribution in [0.15, 0.2) is 18.2 Å². The van der Waals surface area contributed by atoms with Crippen LogP contribution in [0.25, 0.3) is 0 Å². The van der Waals surface area contributed by atoms with E-state index in [1.165, 1.54) is 37.5 Å². The molecule has 0 saturated heterocycles. The molecule has 1 N–H and O–H groups in total. The number of anilines is 1. The van der Waals surface area contributed by atoms with Crippen LogP contribution in [0.3, 0.4) is 0 Å². The zero-order valence-corrected chi connectivity index (χ0v) is 13.1. The number of carbonyl (C=O) groups is 1. The molecule has 0 heterocycles. The molecule has 1 saturated carbocycles. The van der Waals surface area contributed by atoms with Crippen LogP contribution in [0.4, 0.5) is 11.4 Å². The summed E-state index contributed by atoms with van der Waals surface area (Å²) in [6, 6.07) is 4.02. The molecular weight excluding hydrogens is 312 g/mol. The molecule has 114 valence electrons. The van der Waals surface area contributed by atoms with Gasteiger partial charge in [-0.3, -0.25) is 14.9 Å². The van der Waals surface area contributed by atoms with Crippen molar-refractivity contribution in [2.45, 2.75) is 37.4 Å². The van der Waals surface area contributed by atoms with E-state index in [0.29, 0.717) is 21.7 Å². The van der Waals surface area contributed by atoms with Crippen molar-refractivity contribution in [3.63, 3.8) is 0 Å². The summed E-state index contributed by atoms with van der Waals surface area (Å²) in [6.45, 7) is 0. The summed E-state index contributed by atoms with van der Waals surface area (Å²) in [5.41, 5.74) is 0.203. The molecule has 1 aromatic rings. The minimum absolute atomic E-state index is 0.0883. The second-order valence-corrected chi connectivity index (χ2v) is 6.74. The van der Waals surface area contributed by atoms with Gasteiger partial charge < -0.3 is 5.32 Å². The first-order chi connectivity index (χ1) is 10.1. The van der Waals surface area contributed by atoms with Gasteiger partial charge in [0.2, 0.25) is 5.91 Å². The molecule has 1 amide bonds. The number of nitro benzene ring substituents is 1. The second-order valence-electron chi connectivity index (χ2n) is 5.04. The molecule has 0 atom stereocenters. The van der Waals surface area contributed by atoms with Crippen molar-refractivity contribution in [3.8, 4) is 0 Å². The Hall–Kier alpha value is -1.27. The third-order valence-corrected chi connectivity index (χ3v) is 5.14. The predicted molar refractivity (Wildman–Crippen MR) is 86.1 cm³/mol. The first-order valence-corrected chi connectivity index (χ1v) is 8.34. The predicted octanol–water partition coefficient (Wildman–Crippen LogP) is 4.25. The summed E-state index contributed by atoms with van der Waals surface area (Å²) in [6.07, 6.45) is 6.07. The smallest absolute Gasteiger partial charge is 0.271 e. The van der Waals surface area contributed by atoms with Crippen LogP contribution in [0, 0.1) is 10.1 Å². The van der Waals surface area contributed by atoms with Crippen molar-refractivity contribution >= 4 is 40.6 Å². The quantitative estimate of drug-likeness (QED) is 0.647. The maximum Gasteiger partial charge on any atom is 0.271 e. The first-order valence-electron chi connectivity index (χ1n) is 6.91. The molecule has 1 fully saturated rings. The number of non-ortho nitro benzene ring substituents is 1. The molecule has 0 radical (unpaired) electrons. The van der Waals surface area contributed by atoms with E-state index in [1.807, 2.05) is 0 Å². The molecule has 7 heteroatoms. The average Bonchev–Trinajstić information content (AvgIpc) is 2.48. The van der Waals surface area contributed by atoms with Crippen molar-refractivity contribution in [1.29, 1.82) is 0 Å². The van der Waals surface area contributed by atoms with Crippen molar-refractivity contribution in [1.82, 2.24) is 0 Å². The summed E-state index contributed by atoms with van der Waals surface area (Å²) >= 11 is 7.60. The molecule has 0 aliphatic heterocycles. The molecule has 21 heavy (non-hydrogen) atoms. The Morgan fingerprint density at radius 3 is 2.76 bits per heavy atom. The van der Waals surface area contributed by atoms with Gasteiger partial charge in [-0.05, 0) is 18.9 Å². The Labute approximate surface area is 132 Å². The topological polar surface area (TPSA) is 72.2 Å². The van der Waals surface area contributed by atoms with E-state index in [4.69, 9.17) is 11.6 Å². The average molecular weight is 329 g/mol. The van der Waals surface area contributed by atoms with Gasteiger partial charge >= 0.3 is 0 Å². The maximum absolute atomic E-state index is 11.9. The Kier molecular flexibility index (Phi) is 5.87. The lowest BCUT2D eigenvalue weighted by Gasteiger charge is -2.20. The Bertz CT molecular complexity index is 533. The van der Waals surface area contributed by atoms with E-state index in [-0.39, 0.29) is 11.6 Å². The molecule has 2 rings (SSSR count).